The molecule has 0 bridgehead atoms. The van der Waals surface area contributed by atoms with Crippen molar-refractivity contribution in [1.82, 2.24) is 15.0 Å². The molecule has 1 aliphatic heterocycles. The van der Waals surface area contributed by atoms with Crippen LogP contribution >= 0.6 is 0 Å². The van der Waals surface area contributed by atoms with E-state index in [0.717, 1.165) is 67.2 Å². The summed E-state index contributed by atoms with van der Waals surface area (Å²) in [7, 11) is 1.53. The Kier molecular flexibility index (Phi) is 7.60. The normalized spacial score (nSPS) is 12.4. The van der Waals surface area contributed by atoms with E-state index >= 15 is 0 Å². The fourth-order valence-corrected chi connectivity index (χ4v) is 5.13. The molecule has 0 aliphatic carbocycles. The molecule has 0 unspecified atom stereocenters. The summed E-state index contributed by atoms with van der Waals surface area (Å²) in [6.07, 6.45) is 6.03. The first-order valence-electron chi connectivity index (χ1n) is 13.4. The molecule has 41 heavy (non-hydrogen) atoms. The molecular formula is C33H33N3O5. The van der Waals surface area contributed by atoms with Crippen LogP contribution in [0.1, 0.15) is 37.5 Å². The van der Waals surface area contributed by atoms with E-state index in [2.05, 4.69) is 16.0 Å². The highest BCUT2D eigenvalue weighted by atomic mass is 16.5. The van der Waals surface area contributed by atoms with E-state index in [4.69, 9.17) is 19.6 Å². The van der Waals surface area contributed by atoms with E-state index in [9.17, 15) is 9.90 Å². The fourth-order valence-electron chi connectivity index (χ4n) is 5.13. The molecule has 8 heteroatoms. The number of carbonyl (C=O) groups is 1. The number of carboxylic acids is 1. The number of hydrogen-bond acceptors (Lipinski definition) is 7. The largest absolute Gasteiger partial charge is 0.493 e. The van der Waals surface area contributed by atoms with Crippen molar-refractivity contribution in [3.8, 4) is 34.0 Å². The van der Waals surface area contributed by atoms with E-state index in [0.29, 0.717) is 12.6 Å². The number of hydrogen-bond donors (Lipinski definition) is 2. The topological polar surface area (TPSA) is 115 Å². The number of aliphatic hydroxyl groups is 1. The molecule has 0 saturated heterocycles. The second-order valence-corrected chi connectivity index (χ2v) is 11.1. The number of nitrogens with zero attached hydrogens (tertiary/aromatic N) is 3. The molecule has 210 valence electrons. The van der Waals surface area contributed by atoms with Crippen LogP contribution < -0.4 is 9.47 Å². The Morgan fingerprint density at radius 2 is 1.76 bits per heavy atom. The quantitative estimate of drug-likeness (QED) is 0.267. The summed E-state index contributed by atoms with van der Waals surface area (Å²) < 4.78 is 11.0. The lowest BCUT2D eigenvalue weighted by molar-refractivity contribution is -0.136. The van der Waals surface area contributed by atoms with Crippen LogP contribution in [-0.2, 0) is 17.6 Å². The minimum atomic E-state index is -0.871. The van der Waals surface area contributed by atoms with Gasteiger partial charge in [0.1, 0.15) is 5.75 Å². The van der Waals surface area contributed by atoms with E-state index in [1.54, 1.807) is 33.2 Å². The van der Waals surface area contributed by atoms with Gasteiger partial charge in [-0.1, -0.05) is 18.2 Å². The van der Waals surface area contributed by atoms with Crippen LogP contribution in [0.15, 0.2) is 61.1 Å². The van der Waals surface area contributed by atoms with Gasteiger partial charge in [0.2, 0.25) is 0 Å². The second kappa shape index (κ2) is 11.1. The van der Waals surface area contributed by atoms with Crippen LogP contribution in [-0.4, -0.2) is 50.5 Å². The Labute approximate surface area is 238 Å². The maximum absolute atomic E-state index is 11.9. The highest BCUT2D eigenvalue weighted by molar-refractivity contribution is 6.09. The molecular weight excluding hydrogens is 518 g/mol. The predicted octanol–water partition coefficient (Wildman–Crippen LogP) is 6.17. The Morgan fingerprint density at radius 1 is 1.02 bits per heavy atom. The minimum Gasteiger partial charge on any atom is -0.493 e. The van der Waals surface area contributed by atoms with Crippen LogP contribution in [0.25, 0.3) is 43.9 Å². The summed E-state index contributed by atoms with van der Waals surface area (Å²) in [4.78, 5) is 25.1. The third-order valence-corrected chi connectivity index (χ3v) is 6.78. The smallest absolute Gasteiger partial charge is 0.316 e. The minimum absolute atomic E-state index is 0.0788. The molecule has 0 radical (unpaired) electrons. The van der Waals surface area contributed by atoms with Gasteiger partial charge < -0.3 is 19.7 Å². The van der Waals surface area contributed by atoms with Gasteiger partial charge in [-0.3, -0.25) is 9.78 Å². The van der Waals surface area contributed by atoms with Gasteiger partial charge in [0.25, 0.3) is 0 Å². The van der Waals surface area contributed by atoms with Gasteiger partial charge in [-0.2, -0.15) is 0 Å². The van der Waals surface area contributed by atoms with Gasteiger partial charge in [0.05, 0.1) is 31.3 Å². The number of methoxy groups -OCH3 is 1. The number of aromatic nitrogens is 3. The first-order chi connectivity index (χ1) is 19.5. The van der Waals surface area contributed by atoms with Crippen molar-refractivity contribution < 1.29 is 24.5 Å². The van der Waals surface area contributed by atoms with E-state index < -0.39 is 11.6 Å². The molecule has 0 fully saturated rings. The third kappa shape index (κ3) is 5.98. The summed E-state index contributed by atoms with van der Waals surface area (Å²) in [5.74, 6) is -0.0497. The molecule has 0 saturated carbocycles. The van der Waals surface area contributed by atoms with Gasteiger partial charge in [-0.05, 0) is 90.6 Å². The predicted molar refractivity (Wildman–Crippen MR) is 160 cm³/mol. The van der Waals surface area contributed by atoms with Crippen LogP contribution in [0.5, 0.6) is 11.8 Å². The zero-order chi connectivity index (χ0) is 29.3. The summed E-state index contributed by atoms with van der Waals surface area (Å²) >= 11 is 0. The third-order valence-electron chi connectivity index (χ3n) is 6.78. The molecule has 2 aromatic heterocycles. The van der Waals surface area contributed by atoms with Crippen LogP contribution in [0.4, 0.5) is 0 Å². The Morgan fingerprint density at radius 3 is 2.44 bits per heavy atom. The van der Waals surface area contributed by atoms with Crippen molar-refractivity contribution in [2.45, 2.75) is 46.1 Å². The summed E-state index contributed by atoms with van der Waals surface area (Å²) in [6.45, 7) is 7.83. The molecule has 3 heterocycles. The lowest BCUT2D eigenvalue weighted by Gasteiger charge is -2.22. The molecule has 1 aliphatic rings. The van der Waals surface area contributed by atoms with Gasteiger partial charge in [0, 0.05) is 41.5 Å². The Balaban J connectivity index is 0.000000623. The number of aliphatic carboxylic acids is 1. The highest BCUT2D eigenvalue weighted by Crippen LogP contribution is 2.43. The van der Waals surface area contributed by atoms with Gasteiger partial charge in [-0.15, -0.1) is 0 Å². The monoisotopic (exact) mass is 551 g/mol. The molecule has 0 atom stereocenters. The van der Waals surface area contributed by atoms with Gasteiger partial charge in [0.15, 0.2) is 0 Å². The van der Waals surface area contributed by atoms with Crippen molar-refractivity contribution in [3.05, 3.63) is 77.7 Å². The lowest BCUT2D eigenvalue weighted by atomic mass is 9.86. The van der Waals surface area contributed by atoms with E-state index in [-0.39, 0.29) is 6.42 Å². The van der Waals surface area contributed by atoms with Crippen molar-refractivity contribution in [2.75, 3.05) is 13.7 Å². The lowest BCUT2D eigenvalue weighted by Crippen LogP contribution is -2.10. The van der Waals surface area contributed by atoms with Gasteiger partial charge >= 0.3 is 12.0 Å². The van der Waals surface area contributed by atoms with Crippen LogP contribution in [0, 0.1) is 6.92 Å². The number of benzene rings is 3. The average molecular weight is 552 g/mol. The van der Waals surface area contributed by atoms with Crippen molar-refractivity contribution in [3.63, 3.8) is 0 Å². The number of aryl methyl sites for hydroxylation is 1. The second-order valence-electron chi connectivity index (χ2n) is 11.1. The van der Waals surface area contributed by atoms with Crippen molar-refractivity contribution in [1.29, 1.82) is 0 Å². The summed E-state index contributed by atoms with van der Waals surface area (Å²) in [5, 5.41) is 21.3. The molecule has 5 aromatic rings. The molecule has 2 N–H and O–H groups in total. The number of rotatable bonds is 5. The molecule has 8 nitrogen and oxygen atoms in total. The fraction of sp³-hybridized carbons (Fsp3) is 0.273. The van der Waals surface area contributed by atoms with Gasteiger partial charge in [-0.25, -0.2) is 9.97 Å². The SMILES string of the molecule is CC(C)(C)O.COc1ncc(-c2ccc3c(-c4ccc5c6c(ccnc46)CCO5)c(CC(=O)O)c(C)cc3c2)cn1. The van der Waals surface area contributed by atoms with Crippen molar-refractivity contribution in [2.24, 2.45) is 0 Å². The molecule has 3 aromatic carbocycles. The zero-order valence-electron chi connectivity index (χ0n) is 23.9. The standard InChI is InChI=1S/C29H23N3O4.C4H10O/c1-16-11-19-12-18(20-14-31-29(35-2)32-15-20)3-4-21(19)27(23(16)13-25(33)34)22-5-6-24-26-17(8-10-36-24)7-9-30-28(22)26;1-4(2,3)5/h3-7,9,11-12,14-15H,8,10,13H2,1-2H3,(H,33,34);5H,1-3H3. The van der Waals surface area contributed by atoms with E-state index in [1.807, 2.05) is 49.5 Å². The van der Waals surface area contributed by atoms with Crippen LogP contribution in [0.2, 0.25) is 0 Å². The van der Waals surface area contributed by atoms with E-state index in [1.165, 1.54) is 12.7 Å². The average Bonchev–Trinajstić information content (AvgIpc) is 2.93. The zero-order valence-corrected chi connectivity index (χ0v) is 23.9. The molecule has 0 amide bonds. The Hall–Kier alpha value is -4.56. The first-order valence-corrected chi connectivity index (χ1v) is 13.4. The summed E-state index contributed by atoms with van der Waals surface area (Å²) in [6, 6.07) is 14.5. The number of fused-ring (bicyclic) bond motifs is 1. The number of pyridine rings is 1. The summed E-state index contributed by atoms with van der Waals surface area (Å²) in [5.41, 5.74) is 6.86. The highest BCUT2D eigenvalue weighted by Gasteiger charge is 2.22. The molecule has 6 rings (SSSR count). The van der Waals surface area contributed by atoms with Crippen LogP contribution in [0.3, 0.4) is 0 Å². The first kappa shape index (κ1) is 28.0. The number of carboxylic acid groups (broad SMARTS) is 1. The molecule has 0 spiro atoms. The maximum Gasteiger partial charge on any atom is 0.316 e. The number of ether oxygens (including phenoxy) is 2. The van der Waals surface area contributed by atoms with Crippen molar-refractivity contribution >= 4 is 27.6 Å². The maximum atomic E-state index is 11.9. The Bertz CT molecular complexity index is 1740.